The summed E-state index contributed by atoms with van der Waals surface area (Å²) in [6.07, 6.45) is 3.50. The molecule has 0 radical (unpaired) electrons. The van der Waals surface area contributed by atoms with Crippen molar-refractivity contribution in [1.82, 2.24) is 0 Å². The number of esters is 1. The van der Waals surface area contributed by atoms with E-state index >= 15 is 0 Å². The molecule has 4 rings (SSSR count). The molecule has 23 heavy (non-hydrogen) atoms. The van der Waals surface area contributed by atoms with Gasteiger partial charge in [0.25, 0.3) is 0 Å². The predicted molar refractivity (Wildman–Crippen MR) is 83.9 cm³/mol. The third-order valence-electron chi connectivity index (χ3n) is 5.07. The number of para-hydroxylation sites is 1. The number of anilines is 1. The molecular formula is C18H19NO4. The lowest BCUT2D eigenvalue weighted by Crippen LogP contribution is -2.40. The van der Waals surface area contributed by atoms with Crippen LogP contribution in [0.5, 0.6) is 0 Å². The number of hydrogen-bond acceptors (Lipinski definition) is 4. The van der Waals surface area contributed by atoms with Crippen LogP contribution in [-0.2, 0) is 19.1 Å². The smallest absolute Gasteiger partial charge is 0.312 e. The van der Waals surface area contributed by atoms with E-state index < -0.39 is 17.4 Å². The topological polar surface area (TPSA) is 55.8 Å². The zero-order valence-electron chi connectivity index (χ0n) is 13.2. The maximum absolute atomic E-state index is 13.0. The van der Waals surface area contributed by atoms with Gasteiger partial charge in [-0.15, -0.1) is 0 Å². The van der Waals surface area contributed by atoms with Gasteiger partial charge >= 0.3 is 5.97 Å². The third-order valence-corrected chi connectivity index (χ3v) is 5.07. The zero-order valence-corrected chi connectivity index (χ0v) is 13.2. The quantitative estimate of drug-likeness (QED) is 0.631. The average molecular weight is 313 g/mol. The molecule has 3 heterocycles. The number of amides is 1. The van der Waals surface area contributed by atoms with E-state index in [2.05, 4.69) is 0 Å². The van der Waals surface area contributed by atoms with Crippen LogP contribution < -0.4 is 4.90 Å². The molecule has 5 heteroatoms. The first-order chi connectivity index (χ1) is 11.1. The van der Waals surface area contributed by atoms with Crippen molar-refractivity contribution in [2.75, 3.05) is 18.1 Å². The molecular weight excluding hydrogens is 294 g/mol. The first-order valence-corrected chi connectivity index (χ1v) is 7.98. The lowest BCUT2D eigenvalue weighted by Gasteiger charge is -2.22. The van der Waals surface area contributed by atoms with Crippen LogP contribution in [0, 0.1) is 18.8 Å². The van der Waals surface area contributed by atoms with Crippen LogP contribution in [0.2, 0.25) is 0 Å². The van der Waals surface area contributed by atoms with Gasteiger partial charge < -0.3 is 14.4 Å². The highest BCUT2D eigenvalue weighted by molar-refractivity contribution is 6.03. The molecule has 2 fully saturated rings. The molecule has 120 valence electrons. The van der Waals surface area contributed by atoms with Crippen molar-refractivity contribution in [2.45, 2.75) is 25.6 Å². The van der Waals surface area contributed by atoms with E-state index in [9.17, 15) is 9.59 Å². The molecule has 0 N–H and O–H groups in total. The van der Waals surface area contributed by atoms with Gasteiger partial charge in [-0.05, 0) is 25.5 Å². The number of nitrogens with zero attached hydrogens (tertiary/aromatic N) is 1. The molecule has 1 aromatic carbocycles. The summed E-state index contributed by atoms with van der Waals surface area (Å²) in [7, 11) is 0. The van der Waals surface area contributed by atoms with Gasteiger partial charge in [0.15, 0.2) is 0 Å². The molecule has 0 aromatic heterocycles. The van der Waals surface area contributed by atoms with E-state index in [0.717, 1.165) is 11.3 Å². The molecule has 0 aliphatic carbocycles. The van der Waals surface area contributed by atoms with Crippen molar-refractivity contribution in [3.05, 3.63) is 42.0 Å². The van der Waals surface area contributed by atoms with E-state index in [1.165, 1.54) is 0 Å². The van der Waals surface area contributed by atoms with Gasteiger partial charge in [-0.3, -0.25) is 9.59 Å². The van der Waals surface area contributed by atoms with Crippen LogP contribution in [-0.4, -0.2) is 36.7 Å². The molecule has 2 saturated heterocycles. The monoisotopic (exact) mass is 313 g/mol. The van der Waals surface area contributed by atoms with Crippen LogP contribution in [0.3, 0.4) is 0 Å². The van der Waals surface area contributed by atoms with Crippen molar-refractivity contribution in [3.8, 4) is 0 Å². The van der Waals surface area contributed by atoms with Crippen molar-refractivity contribution in [2.24, 2.45) is 11.8 Å². The summed E-state index contributed by atoms with van der Waals surface area (Å²) in [5.41, 5.74) is 1.22. The molecule has 3 aliphatic rings. The van der Waals surface area contributed by atoms with Gasteiger partial charge in [-0.25, -0.2) is 0 Å². The molecule has 0 saturated carbocycles. The number of aryl methyl sites for hydroxylation is 1. The first-order valence-electron chi connectivity index (χ1n) is 7.98. The SMILES string of the molecule is CCOC(=O)[C@H]1[C@@H]2C=C[C@]3(CN(c4ccccc4C)C(=O)[C@@H]13)O2. The molecule has 3 aliphatic heterocycles. The fraction of sp³-hybridized carbons (Fsp3) is 0.444. The maximum atomic E-state index is 13.0. The van der Waals surface area contributed by atoms with Gasteiger partial charge in [0, 0.05) is 5.69 Å². The second kappa shape index (κ2) is 4.93. The number of fused-ring (bicyclic) bond motifs is 1. The first kappa shape index (κ1) is 14.5. The van der Waals surface area contributed by atoms with E-state index in [0.29, 0.717) is 13.2 Å². The minimum Gasteiger partial charge on any atom is -0.466 e. The number of carbonyl (C=O) groups is 2. The molecule has 2 bridgehead atoms. The van der Waals surface area contributed by atoms with Crippen LogP contribution in [0.4, 0.5) is 5.69 Å². The largest absolute Gasteiger partial charge is 0.466 e. The maximum Gasteiger partial charge on any atom is 0.312 e. The Kier molecular flexibility index (Phi) is 3.10. The predicted octanol–water partition coefficient (Wildman–Crippen LogP) is 1.84. The summed E-state index contributed by atoms with van der Waals surface area (Å²) < 4.78 is 11.2. The normalized spacial score (nSPS) is 34.1. The number of ether oxygens (including phenoxy) is 2. The average Bonchev–Trinajstić information content (AvgIpc) is 3.16. The Bertz CT molecular complexity index is 713. The highest BCUT2D eigenvalue weighted by atomic mass is 16.6. The molecule has 1 aromatic rings. The van der Waals surface area contributed by atoms with Crippen molar-refractivity contribution in [1.29, 1.82) is 0 Å². The summed E-state index contributed by atoms with van der Waals surface area (Å²) in [6.45, 7) is 4.50. The van der Waals surface area contributed by atoms with E-state index in [1.807, 2.05) is 43.3 Å². The third kappa shape index (κ3) is 1.89. The van der Waals surface area contributed by atoms with Crippen molar-refractivity contribution in [3.63, 3.8) is 0 Å². The zero-order chi connectivity index (χ0) is 16.2. The Hall–Kier alpha value is -2.14. The fourth-order valence-electron chi connectivity index (χ4n) is 4.08. The summed E-state index contributed by atoms with van der Waals surface area (Å²) >= 11 is 0. The van der Waals surface area contributed by atoms with E-state index in [1.54, 1.807) is 11.8 Å². The lowest BCUT2D eigenvalue weighted by atomic mass is 9.77. The van der Waals surface area contributed by atoms with Gasteiger partial charge in [0.2, 0.25) is 5.91 Å². The Balaban J connectivity index is 1.71. The van der Waals surface area contributed by atoms with E-state index in [4.69, 9.17) is 9.47 Å². The molecule has 4 atom stereocenters. The number of carbonyl (C=O) groups excluding carboxylic acids is 2. The Morgan fingerprint density at radius 3 is 2.96 bits per heavy atom. The summed E-state index contributed by atoms with van der Waals surface area (Å²) in [5.74, 6) is -1.42. The molecule has 5 nitrogen and oxygen atoms in total. The Labute approximate surface area is 134 Å². The minimum absolute atomic E-state index is 0.0517. The van der Waals surface area contributed by atoms with Crippen LogP contribution in [0.1, 0.15) is 12.5 Å². The molecule has 1 amide bonds. The van der Waals surface area contributed by atoms with Gasteiger partial charge in [0.1, 0.15) is 11.5 Å². The summed E-state index contributed by atoms with van der Waals surface area (Å²) in [5, 5.41) is 0. The number of hydrogen-bond donors (Lipinski definition) is 0. The van der Waals surface area contributed by atoms with Crippen LogP contribution in [0.25, 0.3) is 0 Å². The van der Waals surface area contributed by atoms with Gasteiger partial charge in [0.05, 0.1) is 25.2 Å². The fourth-order valence-corrected chi connectivity index (χ4v) is 4.08. The minimum atomic E-state index is -0.693. The van der Waals surface area contributed by atoms with Gasteiger partial charge in [-0.2, -0.15) is 0 Å². The second-order valence-electron chi connectivity index (χ2n) is 6.36. The summed E-state index contributed by atoms with van der Waals surface area (Å²) in [4.78, 5) is 27.1. The molecule has 0 unspecified atom stereocenters. The summed E-state index contributed by atoms with van der Waals surface area (Å²) in [6, 6.07) is 7.77. The highest BCUT2D eigenvalue weighted by Gasteiger charge is 2.67. The van der Waals surface area contributed by atoms with Crippen LogP contribution in [0.15, 0.2) is 36.4 Å². The number of benzene rings is 1. The van der Waals surface area contributed by atoms with Gasteiger partial charge in [-0.1, -0.05) is 30.4 Å². The van der Waals surface area contributed by atoms with E-state index in [-0.39, 0.29) is 18.0 Å². The van der Waals surface area contributed by atoms with Crippen molar-refractivity contribution >= 4 is 17.6 Å². The second-order valence-corrected chi connectivity index (χ2v) is 6.36. The molecule has 1 spiro atoms. The van der Waals surface area contributed by atoms with Crippen molar-refractivity contribution < 1.29 is 19.1 Å². The number of rotatable bonds is 3. The standard InChI is InChI=1S/C18H19NO4/c1-3-22-17(21)14-13-8-9-18(23-13)10-19(16(20)15(14)18)12-7-5-4-6-11(12)2/h4-9,13-15H,3,10H2,1-2H3/t13-,14-,15+,18+/m0/s1. The highest BCUT2D eigenvalue weighted by Crippen LogP contribution is 2.53. The van der Waals surface area contributed by atoms with Crippen LogP contribution >= 0.6 is 0 Å². The Morgan fingerprint density at radius 2 is 2.22 bits per heavy atom. The lowest BCUT2D eigenvalue weighted by molar-refractivity contribution is -0.151. The Morgan fingerprint density at radius 1 is 1.43 bits per heavy atom.